The van der Waals surface area contributed by atoms with Gasteiger partial charge in [-0.2, -0.15) is 0 Å². The van der Waals surface area contributed by atoms with E-state index in [4.69, 9.17) is 0 Å². The van der Waals surface area contributed by atoms with Crippen LogP contribution in [0.1, 0.15) is 48.3 Å². The van der Waals surface area contributed by atoms with E-state index in [2.05, 4.69) is 10.6 Å². The van der Waals surface area contributed by atoms with Gasteiger partial charge in [-0.15, -0.1) is 0 Å². The minimum absolute atomic E-state index is 0.0940. The van der Waals surface area contributed by atoms with Crippen molar-refractivity contribution in [3.05, 3.63) is 71.0 Å². The van der Waals surface area contributed by atoms with Crippen LogP contribution in [0.4, 0.5) is 4.39 Å². The third kappa shape index (κ3) is 4.91. The molecule has 0 aliphatic heterocycles. The quantitative estimate of drug-likeness (QED) is 0.828. The fraction of sp³-hybridized carbons (Fsp3) is 0.333. The molecule has 2 unspecified atom stereocenters. The van der Waals surface area contributed by atoms with E-state index in [0.29, 0.717) is 5.56 Å². The van der Waals surface area contributed by atoms with Gasteiger partial charge in [-0.1, -0.05) is 38.1 Å². The summed E-state index contributed by atoms with van der Waals surface area (Å²) in [5.74, 6) is -1.15. The predicted molar refractivity (Wildman–Crippen MR) is 100 cm³/mol. The summed E-state index contributed by atoms with van der Waals surface area (Å²) in [6.07, 6.45) is 0. The molecule has 4 nitrogen and oxygen atoms in total. The summed E-state index contributed by atoms with van der Waals surface area (Å²) >= 11 is 0. The van der Waals surface area contributed by atoms with Crippen LogP contribution in [-0.4, -0.2) is 17.9 Å². The number of carbonyl (C=O) groups excluding carboxylic acids is 2. The van der Waals surface area contributed by atoms with Crippen molar-refractivity contribution in [2.45, 2.75) is 39.8 Å². The van der Waals surface area contributed by atoms with Gasteiger partial charge in [-0.3, -0.25) is 9.59 Å². The van der Waals surface area contributed by atoms with Gasteiger partial charge in [0.25, 0.3) is 5.91 Å². The van der Waals surface area contributed by atoms with Gasteiger partial charge in [-0.05, 0) is 55.2 Å². The van der Waals surface area contributed by atoms with Crippen LogP contribution < -0.4 is 10.6 Å². The zero-order valence-electron chi connectivity index (χ0n) is 15.5. The highest BCUT2D eigenvalue weighted by Crippen LogP contribution is 2.17. The molecule has 0 spiro atoms. The average Bonchev–Trinajstić information content (AvgIpc) is 2.59. The molecule has 2 aromatic rings. The third-order valence-corrected chi connectivity index (χ3v) is 4.36. The molecule has 0 heterocycles. The summed E-state index contributed by atoms with van der Waals surface area (Å²) in [6, 6.07) is 12.2. The maximum Gasteiger partial charge on any atom is 0.251 e. The van der Waals surface area contributed by atoms with Crippen LogP contribution in [0, 0.1) is 18.7 Å². The summed E-state index contributed by atoms with van der Waals surface area (Å²) in [4.78, 5) is 25.1. The highest BCUT2D eigenvalue weighted by Gasteiger charge is 2.26. The Morgan fingerprint density at radius 1 is 0.923 bits per heavy atom. The molecule has 2 amide bonds. The van der Waals surface area contributed by atoms with E-state index in [9.17, 15) is 14.0 Å². The van der Waals surface area contributed by atoms with Crippen molar-refractivity contribution in [1.82, 2.24) is 10.6 Å². The predicted octanol–water partition coefficient (Wildman–Crippen LogP) is 3.77. The second kappa shape index (κ2) is 8.61. The fourth-order valence-corrected chi connectivity index (χ4v) is 2.81. The van der Waals surface area contributed by atoms with Gasteiger partial charge >= 0.3 is 0 Å². The summed E-state index contributed by atoms with van der Waals surface area (Å²) in [6.45, 7) is 7.65. The van der Waals surface area contributed by atoms with Gasteiger partial charge in [0.2, 0.25) is 5.91 Å². The first-order chi connectivity index (χ1) is 12.3. The largest absolute Gasteiger partial charge is 0.348 e. The van der Waals surface area contributed by atoms with Crippen molar-refractivity contribution in [2.75, 3.05) is 0 Å². The first kappa shape index (κ1) is 19.6. The lowest BCUT2D eigenvalue weighted by Gasteiger charge is -2.25. The molecule has 0 bridgehead atoms. The minimum atomic E-state index is -0.681. The maximum absolute atomic E-state index is 13.0. The smallest absolute Gasteiger partial charge is 0.251 e. The molecule has 0 radical (unpaired) electrons. The van der Waals surface area contributed by atoms with Crippen LogP contribution in [0.15, 0.2) is 48.5 Å². The Balaban J connectivity index is 2.08. The first-order valence-corrected chi connectivity index (χ1v) is 8.72. The van der Waals surface area contributed by atoms with E-state index in [-0.39, 0.29) is 17.9 Å². The Hall–Kier alpha value is -2.69. The highest BCUT2D eigenvalue weighted by molar-refractivity contribution is 5.97. The Morgan fingerprint density at radius 2 is 1.54 bits per heavy atom. The van der Waals surface area contributed by atoms with Crippen LogP contribution in [0.3, 0.4) is 0 Å². The molecule has 2 N–H and O–H groups in total. The third-order valence-electron chi connectivity index (χ3n) is 4.36. The zero-order chi connectivity index (χ0) is 19.3. The van der Waals surface area contributed by atoms with Gasteiger partial charge in [-0.25, -0.2) is 4.39 Å². The molecule has 2 aromatic carbocycles. The molecular weight excluding hydrogens is 331 g/mol. The number of benzene rings is 2. The van der Waals surface area contributed by atoms with E-state index in [0.717, 1.165) is 11.1 Å². The van der Waals surface area contributed by atoms with Crippen LogP contribution >= 0.6 is 0 Å². The normalized spacial score (nSPS) is 13.2. The molecular formula is C21H25FN2O2. The molecule has 0 aliphatic carbocycles. The van der Waals surface area contributed by atoms with Gasteiger partial charge < -0.3 is 10.6 Å². The van der Waals surface area contributed by atoms with Crippen molar-refractivity contribution in [1.29, 1.82) is 0 Å². The second-order valence-electron chi connectivity index (χ2n) is 6.79. The van der Waals surface area contributed by atoms with E-state index >= 15 is 0 Å². The first-order valence-electron chi connectivity index (χ1n) is 8.72. The van der Waals surface area contributed by atoms with Crippen molar-refractivity contribution in [2.24, 2.45) is 5.92 Å². The van der Waals surface area contributed by atoms with Crippen LogP contribution in [0.2, 0.25) is 0 Å². The number of nitrogens with one attached hydrogen (secondary N) is 2. The van der Waals surface area contributed by atoms with E-state index < -0.39 is 17.8 Å². The topological polar surface area (TPSA) is 58.2 Å². The lowest BCUT2D eigenvalue weighted by atomic mass is 9.99. The van der Waals surface area contributed by atoms with E-state index in [1.165, 1.54) is 24.3 Å². The van der Waals surface area contributed by atoms with Gasteiger partial charge in [0.1, 0.15) is 11.9 Å². The lowest BCUT2D eigenvalue weighted by Crippen LogP contribution is -2.50. The average molecular weight is 356 g/mol. The fourth-order valence-electron chi connectivity index (χ4n) is 2.81. The molecule has 5 heteroatoms. The Bertz CT molecular complexity index is 772. The highest BCUT2D eigenvalue weighted by atomic mass is 19.1. The Morgan fingerprint density at radius 3 is 2.12 bits per heavy atom. The Labute approximate surface area is 153 Å². The molecule has 0 aliphatic rings. The summed E-state index contributed by atoms with van der Waals surface area (Å²) in [5.41, 5.74) is 2.45. The van der Waals surface area contributed by atoms with Crippen molar-refractivity contribution in [3.8, 4) is 0 Å². The minimum Gasteiger partial charge on any atom is -0.348 e. The molecule has 138 valence electrons. The number of halogens is 1. The Kier molecular flexibility index (Phi) is 6.50. The second-order valence-corrected chi connectivity index (χ2v) is 6.79. The molecule has 2 atom stereocenters. The summed E-state index contributed by atoms with van der Waals surface area (Å²) in [7, 11) is 0. The number of hydrogen-bond donors (Lipinski definition) is 2. The summed E-state index contributed by atoms with van der Waals surface area (Å²) < 4.78 is 13.0. The molecule has 2 rings (SSSR count). The number of carbonyl (C=O) groups is 2. The van der Waals surface area contributed by atoms with Crippen molar-refractivity contribution >= 4 is 11.8 Å². The van der Waals surface area contributed by atoms with E-state index in [1.54, 1.807) is 0 Å². The van der Waals surface area contributed by atoms with Crippen molar-refractivity contribution < 1.29 is 14.0 Å². The van der Waals surface area contributed by atoms with Gasteiger partial charge in [0.15, 0.2) is 0 Å². The standard InChI is InChI=1S/C21H25FN2O2/c1-13(2)19(24-20(25)16-9-11-17(22)12-10-16)21(26)23-15(4)18-8-6-5-7-14(18)3/h5-13,15,19H,1-4H3,(H,23,26)(H,24,25). The van der Waals surface area contributed by atoms with Gasteiger partial charge in [0, 0.05) is 5.56 Å². The molecule has 0 fully saturated rings. The molecule has 0 saturated heterocycles. The van der Waals surface area contributed by atoms with Crippen LogP contribution in [0.5, 0.6) is 0 Å². The van der Waals surface area contributed by atoms with Gasteiger partial charge in [0.05, 0.1) is 6.04 Å². The SMILES string of the molecule is Cc1ccccc1C(C)NC(=O)C(NC(=O)c1ccc(F)cc1)C(C)C. The zero-order valence-corrected chi connectivity index (χ0v) is 15.5. The molecule has 26 heavy (non-hydrogen) atoms. The number of aryl methyl sites for hydroxylation is 1. The van der Waals surface area contributed by atoms with Crippen LogP contribution in [0.25, 0.3) is 0 Å². The lowest BCUT2D eigenvalue weighted by molar-refractivity contribution is -0.124. The monoisotopic (exact) mass is 356 g/mol. The van der Waals surface area contributed by atoms with Crippen LogP contribution in [-0.2, 0) is 4.79 Å². The number of rotatable bonds is 6. The molecule has 0 aromatic heterocycles. The van der Waals surface area contributed by atoms with Crippen molar-refractivity contribution in [3.63, 3.8) is 0 Å². The van der Waals surface area contributed by atoms with E-state index in [1.807, 2.05) is 52.0 Å². The summed E-state index contributed by atoms with van der Waals surface area (Å²) in [5, 5.41) is 5.72. The number of amides is 2. The maximum atomic E-state index is 13.0. The molecule has 0 saturated carbocycles. The number of hydrogen-bond acceptors (Lipinski definition) is 2.